The van der Waals surface area contributed by atoms with E-state index in [-0.39, 0.29) is 5.91 Å². The number of hydrogen-bond acceptors (Lipinski definition) is 2. The van der Waals surface area contributed by atoms with E-state index < -0.39 is 0 Å². The number of aryl methyl sites for hydroxylation is 1. The van der Waals surface area contributed by atoms with Gasteiger partial charge in [-0.15, -0.1) is 0 Å². The fourth-order valence-corrected chi connectivity index (χ4v) is 3.36. The summed E-state index contributed by atoms with van der Waals surface area (Å²) in [5.41, 5.74) is 3.51. The molecule has 0 aliphatic carbocycles. The van der Waals surface area contributed by atoms with Crippen LogP contribution in [0.4, 0.5) is 5.69 Å². The van der Waals surface area contributed by atoms with Gasteiger partial charge in [-0.05, 0) is 36.6 Å². The van der Waals surface area contributed by atoms with Gasteiger partial charge in [0.05, 0.1) is 0 Å². The predicted octanol–water partition coefficient (Wildman–Crippen LogP) is 3.93. The van der Waals surface area contributed by atoms with Crippen molar-refractivity contribution >= 4 is 23.2 Å². The van der Waals surface area contributed by atoms with Crippen molar-refractivity contribution in [2.75, 3.05) is 31.1 Å². The maximum absolute atomic E-state index is 12.4. The molecule has 0 radical (unpaired) electrons. The zero-order valence-corrected chi connectivity index (χ0v) is 14.8. The van der Waals surface area contributed by atoms with Gasteiger partial charge in [0, 0.05) is 43.3 Å². The Hall–Kier alpha value is -2.00. The molecule has 0 aromatic heterocycles. The molecular weight excluding hydrogens is 320 g/mol. The van der Waals surface area contributed by atoms with E-state index in [1.165, 1.54) is 11.3 Å². The minimum absolute atomic E-state index is 0.251. The average molecular weight is 343 g/mol. The maximum Gasteiger partial charge on any atom is 0.223 e. The van der Waals surface area contributed by atoms with Crippen LogP contribution in [0.25, 0.3) is 0 Å². The summed E-state index contributed by atoms with van der Waals surface area (Å²) in [5.74, 6) is 0.251. The fraction of sp³-hybridized carbons (Fsp3) is 0.350. The second-order valence-corrected chi connectivity index (χ2v) is 6.64. The fourth-order valence-electron chi connectivity index (χ4n) is 3.19. The molecule has 0 atom stereocenters. The molecule has 4 heteroatoms. The predicted molar refractivity (Wildman–Crippen MR) is 99.7 cm³/mol. The van der Waals surface area contributed by atoms with Gasteiger partial charge in [-0.3, -0.25) is 4.79 Å². The Balaban J connectivity index is 1.53. The lowest BCUT2D eigenvalue weighted by atomic mass is 10.1. The van der Waals surface area contributed by atoms with Crippen molar-refractivity contribution < 1.29 is 4.79 Å². The Bertz CT molecular complexity index is 694. The monoisotopic (exact) mass is 342 g/mol. The molecule has 0 saturated carbocycles. The molecule has 1 aliphatic rings. The number of anilines is 1. The van der Waals surface area contributed by atoms with E-state index in [1.807, 2.05) is 35.2 Å². The van der Waals surface area contributed by atoms with E-state index in [4.69, 9.17) is 11.6 Å². The summed E-state index contributed by atoms with van der Waals surface area (Å²) in [7, 11) is 0. The standard InChI is InChI=1S/C20H23ClN2O/c1-16-18(21)8-5-9-19(16)22-12-14-23(15-13-22)20(24)11-10-17-6-3-2-4-7-17/h2-9H,10-15H2,1H3. The number of benzene rings is 2. The third-order valence-corrected chi connectivity index (χ3v) is 5.09. The van der Waals surface area contributed by atoms with Crippen LogP contribution < -0.4 is 4.90 Å². The van der Waals surface area contributed by atoms with Gasteiger partial charge in [0.15, 0.2) is 0 Å². The van der Waals surface area contributed by atoms with E-state index >= 15 is 0 Å². The van der Waals surface area contributed by atoms with Crippen molar-refractivity contribution in [1.82, 2.24) is 4.90 Å². The summed E-state index contributed by atoms with van der Waals surface area (Å²) < 4.78 is 0. The molecule has 0 bridgehead atoms. The lowest BCUT2D eigenvalue weighted by Gasteiger charge is -2.37. The lowest BCUT2D eigenvalue weighted by Crippen LogP contribution is -2.49. The van der Waals surface area contributed by atoms with E-state index in [0.29, 0.717) is 6.42 Å². The van der Waals surface area contributed by atoms with Gasteiger partial charge in [0.25, 0.3) is 0 Å². The minimum Gasteiger partial charge on any atom is -0.368 e. The van der Waals surface area contributed by atoms with Crippen LogP contribution >= 0.6 is 11.6 Å². The van der Waals surface area contributed by atoms with Crippen LogP contribution in [0.3, 0.4) is 0 Å². The molecular formula is C20H23ClN2O. The Morgan fingerprint density at radius 1 is 1.00 bits per heavy atom. The Kier molecular flexibility index (Phi) is 5.41. The summed E-state index contributed by atoms with van der Waals surface area (Å²) in [5, 5.41) is 0.800. The summed E-state index contributed by atoms with van der Waals surface area (Å²) in [6, 6.07) is 16.2. The first-order valence-corrected chi connectivity index (χ1v) is 8.85. The van der Waals surface area contributed by atoms with Gasteiger partial charge >= 0.3 is 0 Å². The van der Waals surface area contributed by atoms with E-state index in [1.54, 1.807) is 0 Å². The maximum atomic E-state index is 12.4. The molecule has 3 rings (SSSR count). The Morgan fingerprint density at radius 2 is 1.71 bits per heavy atom. The van der Waals surface area contributed by atoms with Crippen LogP contribution in [0, 0.1) is 6.92 Å². The molecule has 1 saturated heterocycles. The molecule has 126 valence electrons. The smallest absolute Gasteiger partial charge is 0.223 e. The highest BCUT2D eigenvalue weighted by Crippen LogP contribution is 2.27. The highest BCUT2D eigenvalue weighted by Gasteiger charge is 2.22. The number of piperazine rings is 1. The van der Waals surface area contributed by atoms with E-state index in [0.717, 1.165) is 43.2 Å². The molecule has 3 nitrogen and oxygen atoms in total. The van der Waals surface area contributed by atoms with Crippen molar-refractivity contribution in [3.8, 4) is 0 Å². The molecule has 1 heterocycles. The number of hydrogen-bond donors (Lipinski definition) is 0. The minimum atomic E-state index is 0.251. The zero-order chi connectivity index (χ0) is 16.9. The SMILES string of the molecule is Cc1c(Cl)cccc1N1CCN(C(=O)CCc2ccccc2)CC1. The average Bonchev–Trinajstić information content (AvgIpc) is 2.63. The van der Waals surface area contributed by atoms with Gasteiger partial charge in [0.1, 0.15) is 0 Å². The molecule has 0 unspecified atom stereocenters. The van der Waals surface area contributed by atoms with Crippen molar-refractivity contribution in [1.29, 1.82) is 0 Å². The van der Waals surface area contributed by atoms with Crippen LogP contribution in [0.2, 0.25) is 5.02 Å². The van der Waals surface area contributed by atoms with Gasteiger partial charge in [-0.2, -0.15) is 0 Å². The number of carbonyl (C=O) groups excluding carboxylic acids is 1. The van der Waals surface area contributed by atoms with Crippen LogP contribution in [-0.2, 0) is 11.2 Å². The van der Waals surface area contributed by atoms with Crippen LogP contribution in [0.15, 0.2) is 48.5 Å². The normalized spacial score (nSPS) is 14.8. The summed E-state index contributed by atoms with van der Waals surface area (Å²) >= 11 is 6.22. The first-order chi connectivity index (χ1) is 11.6. The van der Waals surface area contributed by atoms with Crippen molar-refractivity contribution in [2.24, 2.45) is 0 Å². The summed E-state index contributed by atoms with van der Waals surface area (Å²) in [4.78, 5) is 16.7. The molecule has 24 heavy (non-hydrogen) atoms. The number of amides is 1. The molecule has 2 aromatic rings. The lowest BCUT2D eigenvalue weighted by molar-refractivity contribution is -0.131. The number of nitrogens with zero attached hydrogens (tertiary/aromatic N) is 2. The van der Waals surface area contributed by atoms with Crippen molar-refractivity contribution in [3.05, 3.63) is 64.7 Å². The Labute approximate surface area is 148 Å². The first-order valence-electron chi connectivity index (χ1n) is 8.47. The van der Waals surface area contributed by atoms with Crippen LogP contribution in [-0.4, -0.2) is 37.0 Å². The van der Waals surface area contributed by atoms with Gasteiger partial charge in [-0.1, -0.05) is 48.0 Å². The molecule has 1 aliphatic heterocycles. The number of rotatable bonds is 4. The van der Waals surface area contributed by atoms with E-state index in [2.05, 4.69) is 30.0 Å². The molecule has 1 fully saturated rings. The second kappa shape index (κ2) is 7.71. The summed E-state index contributed by atoms with van der Waals surface area (Å²) in [6.07, 6.45) is 1.40. The van der Waals surface area contributed by atoms with Gasteiger partial charge < -0.3 is 9.80 Å². The quantitative estimate of drug-likeness (QED) is 0.840. The zero-order valence-electron chi connectivity index (χ0n) is 14.0. The molecule has 1 amide bonds. The molecule has 2 aromatic carbocycles. The first kappa shape index (κ1) is 16.8. The number of halogens is 1. The van der Waals surface area contributed by atoms with Gasteiger partial charge in [0.2, 0.25) is 5.91 Å². The highest BCUT2D eigenvalue weighted by atomic mass is 35.5. The van der Waals surface area contributed by atoms with E-state index in [9.17, 15) is 4.79 Å². The third-order valence-electron chi connectivity index (χ3n) is 4.68. The second-order valence-electron chi connectivity index (χ2n) is 6.24. The Morgan fingerprint density at radius 3 is 2.42 bits per heavy atom. The number of carbonyl (C=O) groups is 1. The van der Waals surface area contributed by atoms with Crippen molar-refractivity contribution in [2.45, 2.75) is 19.8 Å². The largest absolute Gasteiger partial charge is 0.368 e. The third kappa shape index (κ3) is 3.90. The van der Waals surface area contributed by atoms with Crippen molar-refractivity contribution in [3.63, 3.8) is 0 Å². The topological polar surface area (TPSA) is 23.6 Å². The van der Waals surface area contributed by atoms with Crippen LogP contribution in [0.5, 0.6) is 0 Å². The van der Waals surface area contributed by atoms with Crippen LogP contribution in [0.1, 0.15) is 17.5 Å². The van der Waals surface area contributed by atoms with Gasteiger partial charge in [-0.25, -0.2) is 0 Å². The molecule has 0 spiro atoms. The summed E-state index contributed by atoms with van der Waals surface area (Å²) in [6.45, 7) is 5.32. The highest BCUT2D eigenvalue weighted by molar-refractivity contribution is 6.31. The molecule has 0 N–H and O–H groups in total.